The Morgan fingerprint density at radius 1 is 1.29 bits per heavy atom. The number of ether oxygens (including phenoxy) is 1. The summed E-state index contributed by atoms with van der Waals surface area (Å²) in [6.45, 7) is 1.65. The van der Waals surface area contributed by atoms with Crippen LogP contribution >= 0.6 is 11.6 Å². The van der Waals surface area contributed by atoms with Gasteiger partial charge in [-0.15, -0.1) is 0 Å². The molecule has 1 unspecified atom stereocenters. The molecule has 3 rings (SSSR count). The standard InChI is InChI=1S/C20H16ClF3N2O5/c1-10-5-12(31-25-10)7-16(19(28)29)26-9-17(30-2)14(8-18(26)27)13-6-11(21)3-4-15(13)20(22,23)24/h3-6,8-9,16H,7H2,1-2H3,(H,28,29). The SMILES string of the molecule is COc1cn(C(Cc2cc(C)no2)C(=O)O)c(=O)cc1-c1cc(Cl)ccc1C(F)(F)F. The first-order chi connectivity index (χ1) is 14.5. The molecule has 0 saturated carbocycles. The molecule has 0 spiro atoms. The molecule has 2 heterocycles. The summed E-state index contributed by atoms with van der Waals surface area (Å²) in [6, 6.07) is 3.97. The Balaban J connectivity index is 2.16. The first-order valence-electron chi connectivity index (χ1n) is 8.83. The number of halogens is 4. The molecule has 7 nitrogen and oxygen atoms in total. The average Bonchev–Trinajstić information content (AvgIpc) is 3.10. The van der Waals surface area contributed by atoms with Crippen LogP contribution in [0.1, 0.15) is 23.1 Å². The number of hydrogen-bond acceptors (Lipinski definition) is 5. The van der Waals surface area contributed by atoms with Crippen molar-refractivity contribution in [2.24, 2.45) is 0 Å². The summed E-state index contributed by atoms with van der Waals surface area (Å²) in [5.74, 6) is -1.24. The van der Waals surface area contributed by atoms with Gasteiger partial charge >= 0.3 is 12.1 Å². The Kier molecular flexibility index (Phi) is 6.12. The van der Waals surface area contributed by atoms with Crippen molar-refractivity contribution in [3.63, 3.8) is 0 Å². The molecule has 31 heavy (non-hydrogen) atoms. The fraction of sp³-hybridized carbons (Fsp3) is 0.250. The Morgan fingerprint density at radius 2 is 2.00 bits per heavy atom. The highest BCUT2D eigenvalue weighted by atomic mass is 35.5. The summed E-state index contributed by atoms with van der Waals surface area (Å²) in [5, 5.41) is 13.3. The number of alkyl halides is 3. The van der Waals surface area contributed by atoms with Crippen LogP contribution in [0.25, 0.3) is 11.1 Å². The maximum atomic E-state index is 13.5. The highest BCUT2D eigenvalue weighted by Crippen LogP contribution is 2.41. The van der Waals surface area contributed by atoms with E-state index in [0.717, 1.165) is 35.0 Å². The van der Waals surface area contributed by atoms with E-state index < -0.39 is 29.3 Å². The van der Waals surface area contributed by atoms with E-state index in [1.54, 1.807) is 6.92 Å². The summed E-state index contributed by atoms with van der Waals surface area (Å²) in [7, 11) is 1.20. The molecule has 1 N–H and O–H groups in total. The van der Waals surface area contributed by atoms with Crippen molar-refractivity contribution < 1.29 is 32.3 Å². The number of carboxylic acids is 1. The van der Waals surface area contributed by atoms with Crippen LogP contribution < -0.4 is 10.3 Å². The van der Waals surface area contributed by atoms with Crippen LogP contribution in [0.3, 0.4) is 0 Å². The van der Waals surface area contributed by atoms with Crippen LogP contribution in [0.4, 0.5) is 13.2 Å². The maximum Gasteiger partial charge on any atom is 0.417 e. The zero-order valence-corrected chi connectivity index (χ0v) is 17.0. The number of carbonyl (C=O) groups is 1. The molecular weight excluding hydrogens is 441 g/mol. The Morgan fingerprint density at radius 3 is 2.55 bits per heavy atom. The monoisotopic (exact) mass is 456 g/mol. The molecule has 164 valence electrons. The summed E-state index contributed by atoms with van der Waals surface area (Å²) < 4.78 is 51.6. The fourth-order valence-electron chi connectivity index (χ4n) is 3.14. The summed E-state index contributed by atoms with van der Waals surface area (Å²) in [6.07, 6.45) is -3.86. The van der Waals surface area contributed by atoms with E-state index in [2.05, 4.69) is 5.16 Å². The van der Waals surface area contributed by atoms with Gasteiger partial charge in [0.2, 0.25) is 0 Å². The van der Waals surface area contributed by atoms with E-state index in [1.165, 1.54) is 13.2 Å². The van der Waals surface area contributed by atoms with Crippen molar-refractivity contribution in [1.82, 2.24) is 9.72 Å². The van der Waals surface area contributed by atoms with Gasteiger partial charge in [-0.1, -0.05) is 16.8 Å². The molecule has 1 aromatic carbocycles. The topological polar surface area (TPSA) is 94.6 Å². The number of rotatable bonds is 6. The predicted octanol–water partition coefficient (Wildman–Crippen LogP) is 4.36. The van der Waals surface area contributed by atoms with Crippen LogP contribution in [-0.2, 0) is 17.4 Å². The van der Waals surface area contributed by atoms with Gasteiger partial charge in [0.1, 0.15) is 17.6 Å². The van der Waals surface area contributed by atoms with Crippen molar-refractivity contribution in [2.75, 3.05) is 7.11 Å². The van der Waals surface area contributed by atoms with Gasteiger partial charge in [0.05, 0.1) is 24.6 Å². The molecule has 0 aliphatic heterocycles. The molecule has 0 aliphatic carbocycles. The van der Waals surface area contributed by atoms with E-state index in [1.807, 2.05) is 0 Å². The van der Waals surface area contributed by atoms with E-state index in [-0.39, 0.29) is 34.1 Å². The molecule has 3 aromatic rings. The number of benzene rings is 1. The third kappa shape index (κ3) is 4.74. The highest BCUT2D eigenvalue weighted by molar-refractivity contribution is 6.30. The van der Waals surface area contributed by atoms with Crippen LogP contribution in [0.5, 0.6) is 5.75 Å². The van der Waals surface area contributed by atoms with Crippen LogP contribution in [0.15, 0.2) is 45.8 Å². The highest BCUT2D eigenvalue weighted by Gasteiger charge is 2.35. The van der Waals surface area contributed by atoms with Crippen molar-refractivity contribution in [1.29, 1.82) is 0 Å². The van der Waals surface area contributed by atoms with E-state index in [0.29, 0.717) is 5.69 Å². The van der Waals surface area contributed by atoms with Crippen molar-refractivity contribution >= 4 is 17.6 Å². The number of aromatic nitrogens is 2. The Labute approximate surface area is 178 Å². The maximum absolute atomic E-state index is 13.5. The second kappa shape index (κ2) is 8.46. The summed E-state index contributed by atoms with van der Waals surface area (Å²) >= 11 is 5.88. The number of aryl methyl sites for hydroxylation is 1. The molecule has 2 aromatic heterocycles. The third-order valence-electron chi connectivity index (χ3n) is 4.53. The van der Waals surface area contributed by atoms with Gasteiger partial charge in [-0.25, -0.2) is 4.79 Å². The molecule has 0 radical (unpaired) electrons. The zero-order chi connectivity index (χ0) is 22.9. The fourth-order valence-corrected chi connectivity index (χ4v) is 3.31. The van der Waals surface area contributed by atoms with E-state index in [9.17, 15) is 27.9 Å². The number of carboxylic acid groups (broad SMARTS) is 1. The molecule has 0 amide bonds. The second-order valence-corrected chi connectivity index (χ2v) is 7.12. The number of aliphatic carboxylic acids is 1. The van der Waals surface area contributed by atoms with Gasteiger partial charge < -0.3 is 14.4 Å². The predicted molar refractivity (Wildman–Crippen MR) is 104 cm³/mol. The molecular formula is C20H16ClF3N2O5. The van der Waals surface area contributed by atoms with Gasteiger partial charge in [-0.05, 0) is 30.7 Å². The lowest BCUT2D eigenvalue weighted by Crippen LogP contribution is -2.31. The smallest absolute Gasteiger partial charge is 0.417 e. The molecule has 0 fully saturated rings. The Hall–Kier alpha value is -3.27. The normalized spacial score (nSPS) is 12.6. The largest absolute Gasteiger partial charge is 0.495 e. The minimum Gasteiger partial charge on any atom is -0.495 e. The first-order valence-corrected chi connectivity index (χ1v) is 9.21. The molecule has 0 bridgehead atoms. The lowest BCUT2D eigenvalue weighted by atomic mass is 9.99. The number of methoxy groups -OCH3 is 1. The van der Waals surface area contributed by atoms with Crippen LogP contribution in [0.2, 0.25) is 5.02 Å². The average molecular weight is 457 g/mol. The summed E-state index contributed by atoms with van der Waals surface area (Å²) in [4.78, 5) is 24.6. The summed E-state index contributed by atoms with van der Waals surface area (Å²) in [5.41, 5.74) is -1.86. The lowest BCUT2D eigenvalue weighted by Gasteiger charge is -2.19. The number of hydrogen-bond donors (Lipinski definition) is 1. The van der Waals surface area contributed by atoms with Gasteiger partial charge in [-0.2, -0.15) is 13.2 Å². The minimum atomic E-state index is -4.71. The van der Waals surface area contributed by atoms with E-state index >= 15 is 0 Å². The number of pyridine rings is 1. The minimum absolute atomic E-state index is 0.0262. The zero-order valence-electron chi connectivity index (χ0n) is 16.2. The van der Waals surface area contributed by atoms with Crippen LogP contribution in [0, 0.1) is 6.92 Å². The molecule has 1 atom stereocenters. The molecule has 0 aliphatic rings. The van der Waals surface area contributed by atoms with Crippen molar-refractivity contribution in [2.45, 2.75) is 25.6 Å². The third-order valence-corrected chi connectivity index (χ3v) is 4.77. The second-order valence-electron chi connectivity index (χ2n) is 6.68. The van der Waals surface area contributed by atoms with Gasteiger partial charge in [0, 0.05) is 29.1 Å². The number of nitrogens with zero attached hydrogens (tertiary/aromatic N) is 2. The van der Waals surface area contributed by atoms with Gasteiger partial charge in [0.25, 0.3) is 5.56 Å². The Bertz CT molecular complexity index is 1190. The quantitative estimate of drug-likeness (QED) is 0.592. The van der Waals surface area contributed by atoms with Crippen LogP contribution in [-0.4, -0.2) is 27.9 Å². The van der Waals surface area contributed by atoms with Gasteiger partial charge in [0.15, 0.2) is 0 Å². The lowest BCUT2D eigenvalue weighted by molar-refractivity contribution is -0.141. The van der Waals surface area contributed by atoms with Crippen molar-refractivity contribution in [3.8, 4) is 16.9 Å². The van der Waals surface area contributed by atoms with Gasteiger partial charge in [-0.3, -0.25) is 9.36 Å². The van der Waals surface area contributed by atoms with Crippen molar-refractivity contribution in [3.05, 3.63) is 68.9 Å². The first kappa shape index (κ1) is 22.4. The van der Waals surface area contributed by atoms with E-state index in [4.69, 9.17) is 20.9 Å². The molecule has 0 saturated heterocycles. The molecule has 11 heteroatoms.